The molecular weight excluding hydrogens is 516 g/mol. The maximum atomic E-state index is 14.0. The van der Waals surface area contributed by atoms with Crippen molar-refractivity contribution in [3.8, 4) is 0 Å². The number of hydrogen-bond acceptors (Lipinski definition) is 7. The number of carboxylic acid groups (broad SMARTS) is 2. The minimum Gasteiger partial charge on any atom is -0.481 e. The Bertz CT molecular complexity index is 1250. The van der Waals surface area contributed by atoms with E-state index in [1.807, 2.05) is 54.6 Å². The van der Waals surface area contributed by atoms with E-state index in [2.05, 4.69) is 0 Å². The number of carbonyl (C=O) groups excluding carboxylic acids is 3. The van der Waals surface area contributed by atoms with Gasteiger partial charge in [0.25, 0.3) is 0 Å². The van der Waals surface area contributed by atoms with Gasteiger partial charge in [0.2, 0.25) is 0 Å². The summed E-state index contributed by atoms with van der Waals surface area (Å²) in [6, 6.07) is 27.1. The van der Waals surface area contributed by atoms with Gasteiger partial charge in [-0.1, -0.05) is 91.0 Å². The molecule has 0 spiro atoms. The summed E-state index contributed by atoms with van der Waals surface area (Å²) in [7, 11) is 0. The molecule has 3 aromatic carbocycles. The summed E-state index contributed by atoms with van der Waals surface area (Å²) < 4.78 is 5.22. The van der Waals surface area contributed by atoms with E-state index >= 15 is 0 Å². The molecule has 40 heavy (non-hydrogen) atoms. The predicted molar refractivity (Wildman–Crippen MR) is 143 cm³/mol. The molecule has 3 N–H and O–H groups in total. The number of ether oxygens (including phenoxy) is 1. The Kier molecular flexibility index (Phi) is 9.68. The summed E-state index contributed by atoms with van der Waals surface area (Å²) in [5.74, 6) is -10.2. The van der Waals surface area contributed by atoms with Crippen LogP contribution in [0.1, 0.15) is 30.0 Å². The number of hydrogen-bond donors (Lipinski definition) is 3. The zero-order chi connectivity index (χ0) is 29.3. The van der Waals surface area contributed by atoms with Gasteiger partial charge in [-0.2, -0.15) is 0 Å². The molecule has 2 atom stereocenters. The van der Waals surface area contributed by atoms with Crippen LogP contribution in [0.15, 0.2) is 91.0 Å². The van der Waals surface area contributed by atoms with Gasteiger partial charge in [0.05, 0.1) is 11.8 Å². The van der Waals surface area contributed by atoms with Crippen molar-refractivity contribution in [2.24, 2.45) is 11.3 Å². The fourth-order valence-electron chi connectivity index (χ4n) is 4.85. The van der Waals surface area contributed by atoms with Crippen LogP contribution in [-0.4, -0.2) is 50.6 Å². The van der Waals surface area contributed by atoms with Crippen LogP contribution in [0.25, 0.3) is 0 Å². The fraction of sp³-hybridized carbons (Fsp3) is 0.258. The Balaban J connectivity index is 2.10. The maximum absolute atomic E-state index is 14.0. The second-order valence-electron chi connectivity index (χ2n) is 9.82. The van der Waals surface area contributed by atoms with Crippen LogP contribution < -0.4 is 0 Å². The highest BCUT2D eigenvalue weighted by Gasteiger charge is 2.54. The first-order valence-electron chi connectivity index (χ1n) is 12.5. The highest BCUT2D eigenvalue weighted by atomic mass is 16.6. The van der Waals surface area contributed by atoms with Crippen LogP contribution >= 0.6 is 0 Å². The third kappa shape index (κ3) is 7.27. The third-order valence-electron chi connectivity index (χ3n) is 6.69. The van der Waals surface area contributed by atoms with Crippen LogP contribution in [0.3, 0.4) is 0 Å². The highest BCUT2D eigenvalue weighted by Crippen LogP contribution is 2.35. The molecule has 208 valence electrons. The Labute approximate surface area is 231 Å². The number of esters is 2. The van der Waals surface area contributed by atoms with Crippen LogP contribution in [-0.2, 0) is 48.0 Å². The van der Waals surface area contributed by atoms with E-state index < -0.39 is 53.0 Å². The normalized spacial score (nSPS) is 13.4. The van der Waals surface area contributed by atoms with Gasteiger partial charge in [-0.05, 0) is 42.9 Å². The van der Waals surface area contributed by atoms with E-state index in [0.29, 0.717) is 0 Å². The van der Waals surface area contributed by atoms with Crippen LogP contribution in [0, 0.1) is 11.3 Å². The predicted octanol–water partition coefficient (Wildman–Crippen LogP) is 3.27. The molecule has 0 aliphatic carbocycles. The average Bonchev–Trinajstić information content (AvgIpc) is 2.89. The molecule has 9 nitrogen and oxygen atoms in total. The van der Waals surface area contributed by atoms with E-state index in [9.17, 15) is 34.2 Å². The van der Waals surface area contributed by atoms with Gasteiger partial charge in [0.1, 0.15) is 5.78 Å². The minimum absolute atomic E-state index is 0.118. The van der Waals surface area contributed by atoms with Crippen molar-refractivity contribution >= 4 is 29.7 Å². The Morgan fingerprint density at radius 2 is 1.07 bits per heavy atom. The van der Waals surface area contributed by atoms with Crippen molar-refractivity contribution in [2.45, 2.75) is 38.2 Å². The molecule has 3 aromatic rings. The molecule has 0 aliphatic rings. The van der Waals surface area contributed by atoms with E-state index in [1.165, 1.54) is 0 Å². The van der Waals surface area contributed by atoms with Crippen molar-refractivity contribution in [3.05, 3.63) is 108 Å². The average molecular weight is 547 g/mol. The summed E-state index contributed by atoms with van der Waals surface area (Å²) in [6.07, 6.45) is -1.11. The van der Waals surface area contributed by atoms with Gasteiger partial charge in [0.15, 0.2) is 11.5 Å². The number of benzene rings is 3. The molecular formula is C31H30O9. The first-order chi connectivity index (χ1) is 19.0. The first kappa shape index (κ1) is 29.9. The monoisotopic (exact) mass is 546 g/mol. The SMILES string of the molecule is CC(=O)C(C(=O)OC(=O)C(Cc1ccccc1)(Cc1ccccc1)Cc1ccccc1)C(O)(CC(=O)O)C(=O)O. The highest BCUT2D eigenvalue weighted by molar-refractivity contribution is 6.07. The molecule has 0 radical (unpaired) electrons. The van der Waals surface area contributed by atoms with Gasteiger partial charge in [-0.15, -0.1) is 0 Å². The number of ketones is 1. The van der Waals surface area contributed by atoms with E-state index in [0.717, 1.165) is 23.6 Å². The molecule has 0 heterocycles. The van der Waals surface area contributed by atoms with Crippen molar-refractivity contribution in [3.63, 3.8) is 0 Å². The molecule has 0 fully saturated rings. The smallest absolute Gasteiger partial charge is 0.337 e. The molecule has 3 rings (SSSR count). The summed E-state index contributed by atoms with van der Waals surface area (Å²) in [5, 5.41) is 29.4. The van der Waals surface area contributed by atoms with Gasteiger partial charge in [0, 0.05) is 0 Å². The van der Waals surface area contributed by atoms with Gasteiger partial charge in [-0.3, -0.25) is 19.2 Å². The summed E-state index contributed by atoms with van der Waals surface area (Å²) in [4.78, 5) is 62.8. The largest absolute Gasteiger partial charge is 0.481 e. The number of carbonyl (C=O) groups is 5. The lowest BCUT2D eigenvalue weighted by Gasteiger charge is -2.33. The van der Waals surface area contributed by atoms with Gasteiger partial charge in [-0.25, -0.2) is 4.79 Å². The quantitative estimate of drug-likeness (QED) is 0.216. The lowest BCUT2D eigenvalue weighted by atomic mass is 9.72. The van der Waals surface area contributed by atoms with Crippen molar-refractivity contribution in [1.29, 1.82) is 0 Å². The molecule has 0 saturated carbocycles. The van der Waals surface area contributed by atoms with Gasteiger partial charge >= 0.3 is 23.9 Å². The number of Topliss-reactive ketones (excluding diaryl/α,β-unsaturated/α-hetero) is 1. The summed E-state index contributed by atoms with van der Waals surface area (Å²) >= 11 is 0. The molecule has 9 heteroatoms. The standard InChI is InChI=1S/C31H30O9/c1-21(32)26(31(39,28(36)37)20-25(33)34)27(35)40-29(38)30(17-22-11-5-2-6-12-22,18-23-13-7-3-8-14-23)19-24-15-9-4-10-16-24/h2-16,26,39H,17-20H2,1H3,(H,33,34)(H,36,37). The Morgan fingerprint density at radius 3 is 1.38 bits per heavy atom. The number of aliphatic hydroxyl groups is 1. The lowest BCUT2D eigenvalue weighted by Crippen LogP contribution is -2.55. The topological polar surface area (TPSA) is 155 Å². The van der Waals surface area contributed by atoms with Crippen LogP contribution in [0.5, 0.6) is 0 Å². The second kappa shape index (κ2) is 12.9. The third-order valence-corrected chi connectivity index (χ3v) is 6.69. The van der Waals surface area contributed by atoms with Crippen LogP contribution in [0.2, 0.25) is 0 Å². The van der Waals surface area contributed by atoms with Gasteiger partial charge < -0.3 is 20.1 Å². The van der Waals surface area contributed by atoms with Crippen molar-refractivity contribution in [1.82, 2.24) is 0 Å². The number of carboxylic acids is 2. The molecule has 0 bridgehead atoms. The molecule has 0 aliphatic heterocycles. The summed E-state index contributed by atoms with van der Waals surface area (Å²) in [5.41, 5.74) is -2.45. The van der Waals surface area contributed by atoms with Crippen molar-refractivity contribution < 1.29 is 44.0 Å². The van der Waals surface area contributed by atoms with Crippen molar-refractivity contribution in [2.75, 3.05) is 0 Å². The first-order valence-corrected chi connectivity index (χ1v) is 12.5. The maximum Gasteiger partial charge on any atom is 0.337 e. The summed E-state index contributed by atoms with van der Waals surface area (Å²) in [6.45, 7) is 0.817. The van der Waals surface area contributed by atoms with Crippen LogP contribution in [0.4, 0.5) is 0 Å². The lowest BCUT2D eigenvalue weighted by molar-refractivity contribution is -0.186. The fourth-order valence-corrected chi connectivity index (χ4v) is 4.85. The van der Waals surface area contributed by atoms with E-state index in [-0.39, 0.29) is 19.3 Å². The van der Waals surface area contributed by atoms with E-state index in [4.69, 9.17) is 9.84 Å². The molecule has 0 aromatic heterocycles. The zero-order valence-electron chi connectivity index (χ0n) is 21.9. The number of rotatable bonds is 13. The number of aliphatic carboxylic acids is 2. The zero-order valence-corrected chi connectivity index (χ0v) is 21.9. The molecule has 0 amide bonds. The minimum atomic E-state index is -3.32. The Hall–Kier alpha value is -4.63. The molecule has 0 saturated heterocycles. The Morgan fingerprint density at radius 1 is 0.700 bits per heavy atom. The molecule has 2 unspecified atom stereocenters. The second-order valence-corrected chi connectivity index (χ2v) is 9.82. The van der Waals surface area contributed by atoms with E-state index in [1.54, 1.807) is 36.4 Å².